The molecule has 2 N–H and O–H groups in total. The molecule has 0 saturated carbocycles. The number of hydrogen-bond acceptors (Lipinski definition) is 5. The lowest BCUT2D eigenvalue weighted by Crippen LogP contribution is -2.64. The van der Waals surface area contributed by atoms with Crippen molar-refractivity contribution in [2.45, 2.75) is 39.3 Å². The fourth-order valence-electron chi connectivity index (χ4n) is 2.33. The maximum Gasteiger partial charge on any atom is 0.251 e. The van der Waals surface area contributed by atoms with E-state index in [2.05, 4.69) is 22.5 Å². The summed E-state index contributed by atoms with van der Waals surface area (Å²) in [5, 5.41) is 5.71. The molecule has 0 radical (unpaired) electrons. The Kier molecular flexibility index (Phi) is 4.57. The van der Waals surface area contributed by atoms with Crippen LogP contribution < -0.4 is 15.5 Å². The first-order valence-electron chi connectivity index (χ1n) is 7.23. The highest BCUT2D eigenvalue weighted by Crippen LogP contribution is 2.27. The zero-order valence-corrected chi connectivity index (χ0v) is 12.8. The number of anilines is 1. The number of nitrogens with one attached hydrogen (secondary N) is 2. The van der Waals surface area contributed by atoms with Gasteiger partial charge in [0.25, 0.3) is 5.91 Å². The molecule has 114 valence electrons. The molecule has 1 aromatic heterocycles. The average molecular weight is 290 g/mol. The Morgan fingerprint density at radius 1 is 1.43 bits per heavy atom. The molecule has 0 bridgehead atoms. The maximum absolute atomic E-state index is 12.1. The lowest BCUT2D eigenvalue weighted by molar-refractivity contribution is -0.135. The van der Waals surface area contributed by atoms with Gasteiger partial charge in [-0.1, -0.05) is 13.0 Å². The number of carbonyl (C=O) groups is 2. The van der Waals surface area contributed by atoms with Gasteiger partial charge in [0.1, 0.15) is 11.4 Å². The van der Waals surface area contributed by atoms with E-state index in [0.717, 1.165) is 18.5 Å². The Morgan fingerprint density at radius 2 is 2.19 bits per heavy atom. The van der Waals surface area contributed by atoms with Gasteiger partial charge in [0.15, 0.2) is 0 Å². The van der Waals surface area contributed by atoms with E-state index in [-0.39, 0.29) is 18.4 Å². The molecule has 0 aliphatic carbocycles. The third-order valence-corrected chi connectivity index (χ3v) is 3.65. The van der Waals surface area contributed by atoms with E-state index in [0.29, 0.717) is 12.4 Å². The van der Waals surface area contributed by atoms with Gasteiger partial charge in [-0.2, -0.15) is 0 Å². The third-order valence-electron chi connectivity index (χ3n) is 3.65. The van der Waals surface area contributed by atoms with Crippen molar-refractivity contribution in [1.82, 2.24) is 15.6 Å². The van der Waals surface area contributed by atoms with Crippen LogP contribution in [-0.2, 0) is 16.1 Å². The first kappa shape index (κ1) is 15.4. The first-order valence-corrected chi connectivity index (χ1v) is 7.23. The van der Waals surface area contributed by atoms with Gasteiger partial charge >= 0.3 is 0 Å². The highest BCUT2D eigenvalue weighted by molar-refractivity contribution is 6.06. The van der Waals surface area contributed by atoms with Crippen molar-refractivity contribution in [3.05, 3.63) is 23.9 Å². The zero-order valence-electron chi connectivity index (χ0n) is 12.8. The summed E-state index contributed by atoms with van der Waals surface area (Å²) in [6.45, 7) is 7.42. The molecule has 2 heterocycles. The van der Waals surface area contributed by atoms with Crippen LogP contribution in [0.2, 0.25) is 0 Å². The van der Waals surface area contributed by atoms with E-state index in [1.165, 1.54) is 0 Å². The Bertz CT molecular complexity index is 542. The minimum Gasteiger partial charge on any atom is -0.333 e. The number of nitrogens with zero attached hydrogens (tertiary/aromatic N) is 2. The van der Waals surface area contributed by atoms with Crippen LogP contribution in [0.3, 0.4) is 0 Å². The van der Waals surface area contributed by atoms with Crippen LogP contribution in [0.4, 0.5) is 5.82 Å². The second kappa shape index (κ2) is 6.22. The molecule has 1 aliphatic heterocycles. The van der Waals surface area contributed by atoms with Gasteiger partial charge < -0.3 is 10.2 Å². The summed E-state index contributed by atoms with van der Waals surface area (Å²) >= 11 is 0. The van der Waals surface area contributed by atoms with E-state index in [9.17, 15) is 9.59 Å². The summed E-state index contributed by atoms with van der Waals surface area (Å²) in [5.41, 5.74) is 0.184. The SMILES string of the molecule is CCCNCc1cccnc1N1CC(=O)NC(=O)C1(C)C. The monoisotopic (exact) mass is 290 g/mol. The number of hydrogen-bond donors (Lipinski definition) is 2. The highest BCUT2D eigenvalue weighted by atomic mass is 16.2. The minimum atomic E-state index is -0.804. The van der Waals surface area contributed by atoms with Crippen molar-refractivity contribution >= 4 is 17.6 Å². The Balaban J connectivity index is 2.31. The lowest BCUT2D eigenvalue weighted by atomic mass is 9.98. The van der Waals surface area contributed by atoms with Gasteiger partial charge in [0.05, 0.1) is 6.54 Å². The van der Waals surface area contributed by atoms with Crippen molar-refractivity contribution in [3.8, 4) is 0 Å². The molecule has 0 unspecified atom stereocenters. The van der Waals surface area contributed by atoms with E-state index >= 15 is 0 Å². The number of piperazine rings is 1. The molecule has 2 amide bonds. The Labute approximate surface area is 124 Å². The maximum atomic E-state index is 12.1. The van der Waals surface area contributed by atoms with Crippen LogP contribution in [0.1, 0.15) is 32.8 Å². The van der Waals surface area contributed by atoms with E-state index < -0.39 is 5.54 Å². The number of pyridine rings is 1. The normalized spacial score (nSPS) is 17.8. The quantitative estimate of drug-likeness (QED) is 0.620. The van der Waals surface area contributed by atoms with Crippen LogP contribution >= 0.6 is 0 Å². The first-order chi connectivity index (χ1) is 9.96. The Hall–Kier alpha value is -1.95. The molecular formula is C15H22N4O2. The molecule has 1 aliphatic rings. The van der Waals surface area contributed by atoms with E-state index in [4.69, 9.17) is 0 Å². The molecule has 1 saturated heterocycles. The summed E-state index contributed by atoms with van der Waals surface area (Å²) in [6, 6.07) is 3.84. The van der Waals surface area contributed by atoms with Gasteiger partial charge in [-0.25, -0.2) is 4.98 Å². The van der Waals surface area contributed by atoms with Crippen molar-refractivity contribution in [2.75, 3.05) is 18.0 Å². The van der Waals surface area contributed by atoms with Crippen molar-refractivity contribution in [3.63, 3.8) is 0 Å². The number of imide groups is 1. The third kappa shape index (κ3) is 3.21. The summed E-state index contributed by atoms with van der Waals surface area (Å²) in [6.07, 6.45) is 2.73. The summed E-state index contributed by atoms with van der Waals surface area (Å²) < 4.78 is 0. The summed E-state index contributed by atoms with van der Waals surface area (Å²) in [5.74, 6) is 0.101. The molecule has 6 nitrogen and oxygen atoms in total. The second-order valence-corrected chi connectivity index (χ2v) is 5.69. The van der Waals surface area contributed by atoms with Gasteiger partial charge in [0, 0.05) is 18.3 Å². The molecule has 2 rings (SSSR count). The van der Waals surface area contributed by atoms with Crippen molar-refractivity contribution < 1.29 is 9.59 Å². The number of carbonyl (C=O) groups excluding carboxylic acids is 2. The Morgan fingerprint density at radius 3 is 2.90 bits per heavy atom. The molecule has 0 atom stereocenters. The van der Waals surface area contributed by atoms with Crippen LogP contribution in [-0.4, -0.2) is 35.4 Å². The topological polar surface area (TPSA) is 74.3 Å². The van der Waals surface area contributed by atoms with Crippen LogP contribution in [0, 0.1) is 0 Å². The highest BCUT2D eigenvalue weighted by Gasteiger charge is 2.42. The standard InChI is InChI=1S/C15H22N4O2/c1-4-7-16-9-11-6-5-8-17-13(11)19-10-12(20)18-14(21)15(19,2)3/h5-6,8,16H,4,7,9-10H2,1-3H3,(H,18,20,21). The van der Waals surface area contributed by atoms with Gasteiger partial charge in [-0.05, 0) is 32.9 Å². The summed E-state index contributed by atoms with van der Waals surface area (Å²) in [7, 11) is 0. The fraction of sp³-hybridized carbons (Fsp3) is 0.533. The van der Waals surface area contributed by atoms with Gasteiger partial charge in [-0.3, -0.25) is 14.9 Å². The average Bonchev–Trinajstić information content (AvgIpc) is 2.44. The molecular weight excluding hydrogens is 268 g/mol. The number of amides is 2. The minimum absolute atomic E-state index is 0.135. The number of aromatic nitrogens is 1. The molecule has 0 aromatic carbocycles. The largest absolute Gasteiger partial charge is 0.333 e. The predicted octanol–water partition coefficient (Wildman–Crippen LogP) is 0.823. The van der Waals surface area contributed by atoms with Crippen LogP contribution in [0.25, 0.3) is 0 Å². The van der Waals surface area contributed by atoms with Crippen LogP contribution in [0.5, 0.6) is 0 Å². The van der Waals surface area contributed by atoms with E-state index in [1.54, 1.807) is 24.9 Å². The molecule has 6 heteroatoms. The van der Waals surface area contributed by atoms with E-state index in [1.807, 2.05) is 12.1 Å². The molecule has 21 heavy (non-hydrogen) atoms. The lowest BCUT2D eigenvalue weighted by Gasteiger charge is -2.41. The molecule has 1 fully saturated rings. The second-order valence-electron chi connectivity index (χ2n) is 5.69. The van der Waals surface area contributed by atoms with Gasteiger partial charge in [0.2, 0.25) is 5.91 Å². The van der Waals surface area contributed by atoms with Crippen molar-refractivity contribution in [2.24, 2.45) is 0 Å². The predicted molar refractivity (Wildman–Crippen MR) is 80.8 cm³/mol. The molecule has 0 spiro atoms. The van der Waals surface area contributed by atoms with Crippen LogP contribution in [0.15, 0.2) is 18.3 Å². The smallest absolute Gasteiger partial charge is 0.251 e. The fourth-order valence-corrected chi connectivity index (χ4v) is 2.33. The summed E-state index contributed by atoms with van der Waals surface area (Å²) in [4.78, 5) is 29.9. The van der Waals surface area contributed by atoms with Gasteiger partial charge in [-0.15, -0.1) is 0 Å². The number of rotatable bonds is 5. The van der Waals surface area contributed by atoms with Crippen molar-refractivity contribution in [1.29, 1.82) is 0 Å². The zero-order chi connectivity index (χ0) is 15.5. The molecule has 1 aromatic rings.